The minimum atomic E-state index is -0.536. The largest absolute Gasteiger partial charge is 0.392 e. The molecule has 2 rings (SSSR count). The van der Waals surface area contributed by atoms with Crippen LogP contribution in [0.1, 0.15) is 42.1 Å². The van der Waals surface area contributed by atoms with Gasteiger partial charge in [-0.2, -0.15) is 5.10 Å². The maximum Gasteiger partial charge on any atom is 0.261 e. The van der Waals surface area contributed by atoms with Crippen LogP contribution < -0.4 is 5.32 Å². The second kappa shape index (κ2) is 5.30. The summed E-state index contributed by atoms with van der Waals surface area (Å²) in [6.07, 6.45) is -0.536. The summed E-state index contributed by atoms with van der Waals surface area (Å²) in [5.74, 6) is 0.184. The Bertz CT molecular complexity index is 598. The smallest absolute Gasteiger partial charge is 0.261 e. The normalized spacial score (nSPS) is 13.2. The Labute approximate surface area is 116 Å². The van der Waals surface area contributed by atoms with Gasteiger partial charge in [0.1, 0.15) is 4.83 Å². The molecule has 19 heavy (non-hydrogen) atoms. The van der Waals surface area contributed by atoms with Crippen LogP contribution >= 0.6 is 11.3 Å². The lowest BCUT2D eigenvalue weighted by Crippen LogP contribution is -2.29. The van der Waals surface area contributed by atoms with Crippen LogP contribution in [0.15, 0.2) is 6.07 Å². The number of carbonyl (C=O) groups is 1. The van der Waals surface area contributed by atoms with E-state index < -0.39 is 6.10 Å². The highest BCUT2D eigenvalue weighted by atomic mass is 32.1. The quantitative estimate of drug-likeness (QED) is 0.899. The van der Waals surface area contributed by atoms with E-state index in [2.05, 4.69) is 24.3 Å². The van der Waals surface area contributed by atoms with E-state index in [0.717, 1.165) is 15.9 Å². The zero-order valence-corrected chi connectivity index (χ0v) is 12.4. The summed E-state index contributed by atoms with van der Waals surface area (Å²) in [7, 11) is 1.89. The number of aliphatic hydroxyl groups excluding tert-OH is 1. The number of amides is 1. The van der Waals surface area contributed by atoms with Crippen molar-refractivity contribution in [2.45, 2.75) is 32.8 Å². The topological polar surface area (TPSA) is 67.2 Å². The van der Waals surface area contributed by atoms with Crippen molar-refractivity contribution in [2.24, 2.45) is 7.05 Å². The minimum Gasteiger partial charge on any atom is -0.392 e. The van der Waals surface area contributed by atoms with Gasteiger partial charge < -0.3 is 10.4 Å². The maximum absolute atomic E-state index is 12.0. The van der Waals surface area contributed by atoms with Crippen molar-refractivity contribution in [3.63, 3.8) is 0 Å². The van der Waals surface area contributed by atoms with E-state index in [1.807, 2.05) is 17.8 Å². The average molecular weight is 281 g/mol. The molecule has 2 heterocycles. The van der Waals surface area contributed by atoms with Gasteiger partial charge in [-0.3, -0.25) is 9.48 Å². The summed E-state index contributed by atoms with van der Waals surface area (Å²) in [5.41, 5.74) is 1.02. The van der Waals surface area contributed by atoms with Crippen molar-refractivity contribution in [3.8, 4) is 0 Å². The average Bonchev–Trinajstić information content (AvgIpc) is 2.87. The molecule has 104 valence electrons. The molecule has 2 N–H and O–H groups in total. The summed E-state index contributed by atoms with van der Waals surface area (Å²) < 4.78 is 1.82. The number of aliphatic hydroxyl groups is 1. The molecule has 0 aliphatic carbocycles. The SMILES string of the molecule is CC(O)CNC(=O)c1cc2c(C(C)C)nn(C)c2s1. The molecule has 0 saturated heterocycles. The Morgan fingerprint density at radius 1 is 1.53 bits per heavy atom. The lowest BCUT2D eigenvalue weighted by atomic mass is 10.1. The minimum absolute atomic E-state index is 0.142. The van der Waals surface area contributed by atoms with Crippen molar-refractivity contribution in [3.05, 3.63) is 16.6 Å². The number of thiophene rings is 1. The number of nitrogens with one attached hydrogen (secondary N) is 1. The van der Waals surface area contributed by atoms with Gasteiger partial charge in [-0.05, 0) is 18.9 Å². The Morgan fingerprint density at radius 3 is 2.79 bits per heavy atom. The van der Waals surface area contributed by atoms with Crippen molar-refractivity contribution in [1.82, 2.24) is 15.1 Å². The third-order valence-corrected chi connectivity index (χ3v) is 4.07. The molecule has 5 nitrogen and oxygen atoms in total. The Kier molecular flexibility index (Phi) is 3.91. The number of nitrogens with zero attached hydrogens (tertiary/aromatic N) is 2. The number of rotatable bonds is 4. The molecule has 0 bridgehead atoms. The van der Waals surface area contributed by atoms with Gasteiger partial charge in [0.2, 0.25) is 0 Å². The van der Waals surface area contributed by atoms with E-state index in [-0.39, 0.29) is 12.5 Å². The van der Waals surface area contributed by atoms with Gasteiger partial charge in [-0.25, -0.2) is 0 Å². The summed E-state index contributed by atoms with van der Waals surface area (Å²) in [6, 6.07) is 1.89. The summed E-state index contributed by atoms with van der Waals surface area (Å²) >= 11 is 1.43. The van der Waals surface area contributed by atoms with Crippen LogP contribution in [0.25, 0.3) is 10.2 Å². The van der Waals surface area contributed by atoms with E-state index in [9.17, 15) is 9.90 Å². The predicted molar refractivity (Wildman–Crippen MR) is 76.7 cm³/mol. The van der Waals surface area contributed by atoms with Crippen molar-refractivity contribution in [1.29, 1.82) is 0 Å². The van der Waals surface area contributed by atoms with Gasteiger partial charge in [-0.15, -0.1) is 11.3 Å². The van der Waals surface area contributed by atoms with Crippen molar-refractivity contribution in [2.75, 3.05) is 6.54 Å². The highest BCUT2D eigenvalue weighted by Crippen LogP contribution is 2.31. The number of hydrogen-bond donors (Lipinski definition) is 2. The first-order valence-corrected chi connectivity index (χ1v) is 7.14. The molecular weight excluding hydrogens is 262 g/mol. The highest BCUT2D eigenvalue weighted by molar-refractivity contribution is 7.20. The summed E-state index contributed by atoms with van der Waals surface area (Å²) in [4.78, 5) is 13.6. The molecule has 1 amide bonds. The van der Waals surface area contributed by atoms with Crippen LogP contribution in [0.2, 0.25) is 0 Å². The molecule has 1 atom stereocenters. The summed E-state index contributed by atoms with van der Waals surface area (Å²) in [5, 5.41) is 17.4. The number of hydrogen-bond acceptors (Lipinski definition) is 4. The van der Waals surface area contributed by atoms with Crippen LogP contribution in [0.3, 0.4) is 0 Å². The molecule has 2 aromatic heterocycles. The number of fused-ring (bicyclic) bond motifs is 1. The highest BCUT2D eigenvalue weighted by Gasteiger charge is 2.18. The first-order chi connectivity index (χ1) is 8.90. The fourth-order valence-corrected chi connectivity index (χ4v) is 2.93. The van der Waals surface area contributed by atoms with Crippen LogP contribution in [0.4, 0.5) is 0 Å². The zero-order valence-electron chi connectivity index (χ0n) is 11.6. The number of aryl methyl sites for hydroxylation is 1. The Morgan fingerprint density at radius 2 is 2.21 bits per heavy atom. The van der Waals surface area contributed by atoms with Gasteiger partial charge >= 0.3 is 0 Å². The van der Waals surface area contributed by atoms with E-state index in [4.69, 9.17) is 0 Å². The van der Waals surface area contributed by atoms with E-state index in [1.165, 1.54) is 11.3 Å². The fourth-order valence-electron chi connectivity index (χ4n) is 1.93. The van der Waals surface area contributed by atoms with Gasteiger partial charge in [0.05, 0.1) is 16.7 Å². The Balaban J connectivity index is 2.31. The van der Waals surface area contributed by atoms with Crippen LogP contribution in [0, 0.1) is 0 Å². The lowest BCUT2D eigenvalue weighted by molar-refractivity contribution is 0.0928. The molecule has 0 spiro atoms. The van der Waals surface area contributed by atoms with Gasteiger partial charge in [0.25, 0.3) is 5.91 Å². The van der Waals surface area contributed by atoms with E-state index in [1.54, 1.807) is 6.92 Å². The van der Waals surface area contributed by atoms with Crippen LogP contribution in [0.5, 0.6) is 0 Å². The van der Waals surface area contributed by atoms with Crippen LogP contribution in [-0.2, 0) is 7.05 Å². The monoisotopic (exact) mass is 281 g/mol. The number of aromatic nitrogens is 2. The van der Waals surface area contributed by atoms with Gasteiger partial charge in [-0.1, -0.05) is 13.8 Å². The number of carbonyl (C=O) groups excluding carboxylic acids is 1. The third kappa shape index (κ3) is 2.79. The van der Waals surface area contributed by atoms with Crippen LogP contribution in [-0.4, -0.2) is 33.4 Å². The van der Waals surface area contributed by atoms with Gasteiger partial charge in [0, 0.05) is 19.0 Å². The first kappa shape index (κ1) is 14.0. The van der Waals surface area contributed by atoms with Crippen molar-refractivity contribution < 1.29 is 9.90 Å². The fraction of sp³-hybridized carbons (Fsp3) is 0.538. The van der Waals surface area contributed by atoms with Crippen molar-refractivity contribution >= 4 is 27.5 Å². The van der Waals surface area contributed by atoms with E-state index >= 15 is 0 Å². The van der Waals surface area contributed by atoms with Gasteiger partial charge in [0.15, 0.2) is 0 Å². The molecule has 2 aromatic rings. The molecule has 0 aliphatic rings. The molecule has 0 aromatic carbocycles. The molecular formula is C13H19N3O2S. The standard InChI is InChI=1S/C13H19N3O2S/c1-7(2)11-9-5-10(12(18)14-6-8(3)17)19-13(9)16(4)15-11/h5,7-8,17H,6H2,1-4H3,(H,14,18). The third-order valence-electron chi connectivity index (χ3n) is 2.87. The molecule has 6 heteroatoms. The lowest BCUT2D eigenvalue weighted by Gasteiger charge is -2.05. The molecule has 1 unspecified atom stereocenters. The zero-order chi connectivity index (χ0) is 14.2. The second-order valence-corrected chi connectivity index (χ2v) is 6.08. The molecule has 0 saturated carbocycles. The molecule has 0 fully saturated rings. The predicted octanol–water partition coefficient (Wildman–Crippen LogP) is 1.87. The van der Waals surface area contributed by atoms with E-state index in [0.29, 0.717) is 10.8 Å². The summed E-state index contributed by atoms with van der Waals surface area (Å²) in [6.45, 7) is 6.09. The maximum atomic E-state index is 12.0. The first-order valence-electron chi connectivity index (χ1n) is 6.32. The second-order valence-electron chi connectivity index (χ2n) is 5.05. The molecule has 0 radical (unpaired) electrons. The Hall–Kier alpha value is -1.40. The molecule has 0 aliphatic heterocycles.